The Bertz CT molecular complexity index is 884. The minimum Gasteiger partial charge on any atom is -0.493 e. The summed E-state index contributed by atoms with van der Waals surface area (Å²) in [6, 6.07) is 9.38. The molecule has 0 aliphatic carbocycles. The molecular weight excluding hydrogens is 350 g/mol. The summed E-state index contributed by atoms with van der Waals surface area (Å²) in [5.41, 5.74) is 1.40. The van der Waals surface area contributed by atoms with Crippen LogP contribution in [0.15, 0.2) is 36.4 Å². The van der Waals surface area contributed by atoms with Crippen LogP contribution in [-0.2, 0) is 6.61 Å². The Labute approximate surface area is 146 Å². The van der Waals surface area contributed by atoms with E-state index < -0.39 is 4.92 Å². The van der Waals surface area contributed by atoms with Crippen LogP contribution >= 0.6 is 11.6 Å². The molecule has 3 rings (SSSR count). The summed E-state index contributed by atoms with van der Waals surface area (Å²) in [4.78, 5) is 10.2. The fraction of sp³-hybridized carbons (Fsp3) is 0.133. The Morgan fingerprint density at radius 2 is 2.04 bits per heavy atom. The molecule has 0 aliphatic rings. The summed E-state index contributed by atoms with van der Waals surface area (Å²) in [6.07, 6.45) is 0. The van der Waals surface area contributed by atoms with E-state index in [0.29, 0.717) is 27.9 Å². The third-order valence-electron chi connectivity index (χ3n) is 3.36. The third-order valence-corrected chi connectivity index (χ3v) is 3.64. The number of H-pyrrole nitrogens is 1. The van der Waals surface area contributed by atoms with Gasteiger partial charge in [-0.15, -0.1) is 10.2 Å². The molecule has 0 atom stereocenters. The van der Waals surface area contributed by atoms with Crippen molar-refractivity contribution in [3.8, 4) is 22.9 Å². The van der Waals surface area contributed by atoms with E-state index in [2.05, 4.69) is 20.6 Å². The van der Waals surface area contributed by atoms with Crippen LogP contribution < -0.4 is 9.47 Å². The number of aromatic nitrogens is 4. The van der Waals surface area contributed by atoms with Gasteiger partial charge in [0.05, 0.1) is 17.1 Å². The van der Waals surface area contributed by atoms with Crippen molar-refractivity contribution in [1.29, 1.82) is 0 Å². The van der Waals surface area contributed by atoms with Crippen molar-refractivity contribution in [2.24, 2.45) is 0 Å². The van der Waals surface area contributed by atoms with E-state index in [4.69, 9.17) is 21.1 Å². The predicted molar refractivity (Wildman–Crippen MR) is 88.6 cm³/mol. The summed E-state index contributed by atoms with van der Waals surface area (Å²) in [7, 11) is 1.49. The molecule has 3 aromatic rings. The maximum absolute atomic E-state index is 10.7. The van der Waals surface area contributed by atoms with Gasteiger partial charge in [-0.2, -0.15) is 5.21 Å². The number of non-ortho nitro benzene ring substituents is 1. The first kappa shape index (κ1) is 16.7. The van der Waals surface area contributed by atoms with E-state index >= 15 is 0 Å². The number of halogens is 1. The van der Waals surface area contributed by atoms with E-state index in [1.807, 2.05) is 0 Å². The maximum Gasteiger partial charge on any atom is 0.269 e. The number of rotatable bonds is 6. The number of aromatic amines is 1. The monoisotopic (exact) mass is 361 g/mol. The number of hydrogen-bond acceptors (Lipinski definition) is 7. The van der Waals surface area contributed by atoms with E-state index in [1.165, 1.54) is 19.2 Å². The van der Waals surface area contributed by atoms with Crippen LogP contribution in [0.4, 0.5) is 5.69 Å². The number of methoxy groups -OCH3 is 1. The zero-order valence-corrected chi connectivity index (χ0v) is 13.7. The first-order chi connectivity index (χ1) is 12.1. The van der Waals surface area contributed by atoms with Gasteiger partial charge >= 0.3 is 0 Å². The summed E-state index contributed by atoms with van der Waals surface area (Å²) >= 11 is 6.28. The van der Waals surface area contributed by atoms with Crippen molar-refractivity contribution < 1.29 is 14.4 Å². The number of tetrazole rings is 1. The van der Waals surface area contributed by atoms with Crippen LogP contribution in [-0.4, -0.2) is 32.7 Å². The van der Waals surface area contributed by atoms with Crippen LogP contribution in [0.2, 0.25) is 5.02 Å². The van der Waals surface area contributed by atoms with Crippen molar-refractivity contribution in [1.82, 2.24) is 20.6 Å². The van der Waals surface area contributed by atoms with Crippen molar-refractivity contribution in [2.45, 2.75) is 6.61 Å². The van der Waals surface area contributed by atoms with Gasteiger partial charge in [0.15, 0.2) is 11.5 Å². The summed E-state index contributed by atoms with van der Waals surface area (Å²) in [5.74, 6) is 1.14. The first-order valence-electron chi connectivity index (χ1n) is 7.06. The normalized spacial score (nSPS) is 10.5. The molecule has 0 fully saturated rings. The summed E-state index contributed by atoms with van der Waals surface area (Å²) in [6.45, 7) is 0.176. The lowest BCUT2D eigenvalue weighted by atomic mass is 10.2. The van der Waals surface area contributed by atoms with Crippen molar-refractivity contribution in [2.75, 3.05) is 7.11 Å². The topological polar surface area (TPSA) is 116 Å². The molecule has 9 nitrogen and oxygen atoms in total. The zero-order valence-electron chi connectivity index (χ0n) is 13.0. The minimum absolute atomic E-state index is 0.0174. The van der Waals surface area contributed by atoms with Gasteiger partial charge in [0, 0.05) is 17.7 Å². The smallest absolute Gasteiger partial charge is 0.269 e. The van der Waals surface area contributed by atoms with E-state index in [0.717, 1.165) is 5.56 Å². The Kier molecular flexibility index (Phi) is 4.75. The molecule has 0 amide bonds. The Hall–Kier alpha value is -3.20. The molecule has 2 aromatic carbocycles. The van der Waals surface area contributed by atoms with Crippen molar-refractivity contribution in [3.63, 3.8) is 0 Å². The SMILES string of the molecule is COc1cc(-c2nn[nH]n2)cc(Cl)c1OCc1ccc([N+](=O)[O-])cc1. The van der Waals surface area contributed by atoms with Crippen molar-refractivity contribution >= 4 is 17.3 Å². The molecule has 25 heavy (non-hydrogen) atoms. The van der Waals surface area contributed by atoms with Crippen LogP contribution in [0.5, 0.6) is 11.5 Å². The van der Waals surface area contributed by atoms with Gasteiger partial charge in [0.2, 0.25) is 5.82 Å². The zero-order chi connectivity index (χ0) is 17.8. The highest BCUT2D eigenvalue weighted by Crippen LogP contribution is 2.39. The second-order valence-corrected chi connectivity index (χ2v) is 5.34. The number of nitro groups is 1. The highest BCUT2D eigenvalue weighted by molar-refractivity contribution is 6.32. The molecule has 0 bridgehead atoms. The predicted octanol–water partition coefficient (Wildman–Crippen LogP) is 3.02. The minimum atomic E-state index is -0.457. The molecule has 1 N–H and O–H groups in total. The van der Waals surface area contributed by atoms with Crippen LogP contribution in [0.3, 0.4) is 0 Å². The number of nitrogens with zero attached hydrogens (tertiary/aromatic N) is 4. The van der Waals surface area contributed by atoms with Gasteiger partial charge in [0.25, 0.3) is 5.69 Å². The van der Waals surface area contributed by atoms with Gasteiger partial charge in [0.1, 0.15) is 6.61 Å². The lowest BCUT2D eigenvalue weighted by molar-refractivity contribution is -0.384. The third kappa shape index (κ3) is 3.66. The lowest BCUT2D eigenvalue weighted by Crippen LogP contribution is -1.99. The molecule has 1 heterocycles. The standard InChI is InChI=1S/C15H12ClN5O4/c1-24-13-7-10(15-17-19-20-18-15)6-12(16)14(13)25-8-9-2-4-11(5-3-9)21(22)23/h2-7H,8H2,1H3,(H,17,18,19,20). The number of nitrogens with one attached hydrogen (secondary N) is 1. The maximum atomic E-state index is 10.7. The highest BCUT2D eigenvalue weighted by Gasteiger charge is 2.15. The van der Waals surface area contributed by atoms with Crippen molar-refractivity contribution in [3.05, 3.63) is 57.1 Å². The summed E-state index contributed by atoms with van der Waals surface area (Å²) < 4.78 is 11.0. The fourth-order valence-electron chi connectivity index (χ4n) is 2.14. The average molecular weight is 362 g/mol. The van der Waals surface area contributed by atoms with Gasteiger partial charge in [-0.05, 0) is 35.0 Å². The second-order valence-electron chi connectivity index (χ2n) is 4.94. The van der Waals surface area contributed by atoms with E-state index in [-0.39, 0.29) is 12.3 Å². The average Bonchev–Trinajstić information content (AvgIpc) is 3.15. The molecule has 0 saturated heterocycles. The van der Waals surface area contributed by atoms with E-state index in [1.54, 1.807) is 24.3 Å². The molecule has 0 aliphatic heterocycles. The van der Waals surface area contributed by atoms with E-state index in [9.17, 15) is 10.1 Å². The molecule has 0 saturated carbocycles. The first-order valence-corrected chi connectivity index (χ1v) is 7.43. The Morgan fingerprint density at radius 1 is 1.28 bits per heavy atom. The van der Waals surface area contributed by atoms with Crippen LogP contribution in [0, 0.1) is 10.1 Å². The number of benzene rings is 2. The van der Waals surface area contributed by atoms with Gasteiger partial charge in [-0.3, -0.25) is 10.1 Å². The number of hydrogen-bond donors (Lipinski definition) is 1. The van der Waals surface area contributed by atoms with Gasteiger partial charge in [-0.1, -0.05) is 11.6 Å². The molecule has 10 heteroatoms. The highest BCUT2D eigenvalue weighted by atomic mass is 35.5. The van der Waals surface area contributed by atoms with Gasteiger partial charge in [-0.25, -0.2) is 0 Å². The molecule has 1 aromatic heterocycles. The molecule has 0 radical (unpaired) electrons. The Morgan fingerprint density at radius 3 is 2.64 bits per heavy atom. The largest absolute Gasteiger partial charge is 0.493 e. The van der Waals surface area contributed by atoms with Gasteiger partial charge < -0.3 is 9.47 Å². The fourth-order valence-corrected chi connectivity index (χ4v) is 2.41. The molecular formula is C15H12ClN5O4. The summed E-state index contributed by atoms with van der Waals surface area (Å²) in [5, 5.41) is 24.6. The number of ether oxygens (including phenoxy) is 2. The van der Waals surface area contributed by atoms with Crippen LogP contribution in [0.25, 0.3) is 11.4 Å². The van der Waals surface area contributed by atoms with Crippen LogP contribution in [0.1, 0.15) is 5.56 Å². The molecule has 0 unspecified atom stereocenters. The molecule has 128 valence electrons. The molecule has 0 spiro atoms. The number of nitro benzene ring substituents is 1. The Balaban J connectivity index is 1.81. The quantitative estimate of drug-likeness (QED) is 0.529. The lowest BCUT2D eigenvalue weighted by Gasteiger charge is -2.13. The second kappa shape index (κ2) is 7.14.